The Hall–Kier alpha value is -4.00. The molecular weight excluding hydrogens is 752 g/mol. The maximum Gasteiger partial charge on any atom is 0.258 e. The number of aliphatic hydroxyl groups is 4. The van der Waals surface area contributed by atoms with Crippen LogP contribution in [0.1, 0.15) is 80.1 Å². The molecule has 4 rings (SSSR count). The second-order valence-electron chi connectivity index (χ2n) is 12.0. The van der Waals surface area contributed by atoms with E-state index in [2.05, 4.69) is 20.3 Å². The van der Waals surface area contributed by atoms with Crippen LogP contribution in [0.3, 0.4) is 0 Å². The van der Waals surface area contributed by atoms with Gasteiger partial charge in [0.1, 0.15) is 11.8 Å². The fourth-order valence-corrected chi connectivity index (χ4v) is 4.76. The first-order valence-corrected chi connectivity index (χ1v) is 20.3. The van der Waals surface area contributed by atoms with Crippen molar-refractivity contribution in [2.75, 3.05) is 89.3 Å². The van der Waals surface area contributed by atoms with Gasteiger partial charge in [0.2, 0.25) is 0 Å². The van der Waals surface area contributed by atoms with Crippen molar-refractivity contribution in [2.24, 2.45) is 11.8 Å². The first-order valence-electron chi connectivity index (χ1n) is 20.3. The van der Waals surface area contributed by atoms with Crippen LogP contribution in [0.25, 0.3) is 0 Å². The predicted octanol–water partition coefficient (Wildman–Crippen LogP) is 3.80. The zero-order valence-electron chi connectivity index (χ0n) is 35.6. The summed E-state index contributed by atoms with van der Waals surface area (Å²) in [6.07, 6.45) is 5.03. The van der Waals surface area contributed by atoms with Gasteiger partial charge < -0.3 is 39.4 Å². The summed E-state index contributed by atoms with van der Waals surface area (Å²) in [5, 5.41) is 35.0. The largest absolute Gasteiger partial charge is 0.394 e. The van der Waals surface area contributed by atoms with E-state index in [1.807, 2.05) is 77.9 Å². The topological polar surface area (TPSA) is 217 Å². The second kappa shape index (κ2) is 39.8. The maximum absolute atomic E-state index is 12.1. The third-order valence-corrected chi connectivity index (χ3v) is 7.59. The van der Waals surface area contributed by atoms with Crippen LogP contribution in [0.4, 0.5) is 11.4 Å². The molecule has 58 heavy (non-hydrogen) atoms. The summed E-state index contributed by atoms with van der Waals surface area (Å²) < 4.78 is 18.9. The van der Waals surface area contributed by atoms with Gasteiger partial charge in [0.25, 0.3) is 23.6 Å². The molecular formula is C42H72N4O12. The summed E-state index contributed by atoms with van der Waals surface area (Å²) in [5.41, 5.74) is 6.67. The van der Waals surface area contributed by atoms with E-state index in [1.54, 1.807) is 24.3 Å². The summed E-state index contributed by atoms with van der Waals surface area (Å²) in [4.78, 5) is 47.5. The molecule has 16 heteroatoms. The molecule has 0 radical (unpaired) electrons. The number of nitrogens with zero attached hydrogens (tertiary/aromatic N) is 2. The number of nitrogens with one attached hydrogen (secondary N) is 2. The van der Waals surface area contributed by atoms with Crippen LogP contribution >= 0.6 is 0 Å². The number of anilines is 2. The Morgan fingerprint density at radius 3 is 1.00 bits per heavy atom. The summed E-state index contributed by atoms with van der Waals surface area (Å²) >= 11 is 0. The molecule has 2 unspecified atom stereocenters. The highest BCUT2D eigenvalue weighted by atomic mass is 16.5. The Kier molecular flexibility index (Phi) is 38.5. The zero-order chi connectivity index (χ0) is 43.8. The van der Waals surface area contributed by atoms with E-state index in [0.29, 0.717) is 50.6 Å². The standard InChI is InChI=1S/2C13H16N2O2.2C4H10O3.2C4H10O/c2*1-2-3-9-11-12(16)14-15(13(11)17)10-7-5-4-6-8-10;2*5-1-3-7-4-2-6;2*1-3-5-4-2/h2*4-8,11H,2-3,9H2,1H3,(H,14,16);2*5-6H,1-4H2;2*3-4H2,1-2H3. The SMILES string of the molecule is CCCCC1C(=O)NN(c2ccccc2)C1=O.CCCCC1C(=O)NN(c2ccccc2)C1=O.CCOCC.CCOCC.OCCOCCO.OCCOCCO. The minimum Gasteiger partial charge on any atom is -0.394 e. The van der Waals surface area contributed by atoms with Crippen molar-refractivity contribution in [3.63, 3.8) is 0 Å². The highest BCUT2D eigenvalue weighted by Crippen LogP contribution is 2.24. The van der Waals surface area contributed by atoms with E-state index < -0.39 is 11.8 Å². The monoisotopic (exact) mass is 825 g/mol. The molecule has 2 heterocycles. The summed E-state index contributed by atoms with van der Waals surface area (Å²) in [7, 11) is 0. The Labute approximate surface area is 345 Å². The van der Waals surface area contributed by atoms with Crippen LogP contribution in [0.15, 0.2) is 60.7 Å². The number of amides is 4. The molecule has 2 aromatic rings. The highest BCUT2D eigenvalue weighted by Gasteiger charge is 2.40. The Morgan fingerprint density at radius 2 is 0.776 bits per heavy atom. The van der Waals surface area contributed by atoms with Crippen molar-refractivity contribution >= 4 is 35.0 Å². The number of para-hydroxylation sites is 2. The average molecular weight is 825 g/mol. The van der Waals surface area contributed by atoms with Crippen molar-refractivity contribution in [1.82, 2.24) is 10.9 Å². The number of unbranched alkanes of at least 4 members (excludes halogenated alkanes) is 2. The van der Waals surface area contributed by atoms with Gasteiger partial charge in [-0.25, -0.2) is 10.0 Å². The van der Waals surface area contributed by atoms with Gasteiger partial charge in [-0.05, 0) is 64.8 Å². The van der Waals surface area contributed by atoms with Crippen molar-refractivity contribution in [3.05, 3.63) is 60.7 Å². The molecule has 16 nitrogen and oxygen atoms in total. The van der Waals surface area contributed by atoms with E-state index in [9.17, 15) is 19.2 Å². The van der Waals surface area contributed by atoms with Gasteiger partial charge in [-0.3, -0.25) is 30.0 Å². The van der Waals surface area contributed by atoms with Crippen LogP contribution in [0.5, 0.6) is 0 Å². The number of rotatable bonds is 20. The molecule has 0 spiro atoms. The van der Waals surface area contributed by atoms with Crippen LogP contribution in [-0.4, -0.2) is 123 Å². The lowest BCUT2D eigenvalue weighted by Crippen LogP contribution is -2.35. The summed E-state index contributed by atoms with van der Waals surface area (Å²) in [5.74, 6) is -1.70. The number of hydrazine groups is 2. The molecule has 0 aliphatic carbocycles. The fourth-order valence-electron chi connectivity index (χ4n) is 4.76. The quantitative estimate of drug-likeness (QED) is 0.0831. The molecule has 0 aromatic heterocycles. The number of carbonyl (C=O) groups is 4. The number of hydrogen-bond acceptors (Lipinski definition) is 12. The Balaban J connectivity index is 0. The molecule has 6 N–H and O–H groups in total. The van der Waals surface area contributed by atoms with E-state index >= 15 is 0 Å². The van der Waals surface area contributed by atoms with Gasteiger partial charge in [-0.15, -0.1) is 0 Å². The molecule has 2 aliphatic rings. The predicted molar refractivity (Wildman–Crippen MR) is 224 cm³/mol. The number of hydrogen-bond donors (Lipinski definition) is 6. The Morgan fingerprint density at radius 1 is 0.483 bits per heavy atom. The first kappa shape index (κ1) is 56.1. The van der Waals surface area contributed by atoms with E-state index in [4.69, 9.17) is 29.9 Å². The first-order chi connectivity index (χ1) is 28.1. The molecule has 4 amide bonds. The number of aliphatic hydroxyl groups excluding tert-OH is 4. The fraction of sp³-hybridized carbons (Fsp3) is 0.619. The number of carbonyl (C=O) groups excluding carboxylic acids is 4. The third kappa shape index (κ3) is 26.1. The zero-order valence-corrected chi connectivity index (χ0v) is 35.6. The summed E-state index contributed by atoms with van der Waals surface area (Å²) in [6, 6.07) is 18.3. The number of benzene rings is 2. The van der Waals surface area contributed by atoms with Gasteiger partial charge in [0, 0.05) is 26.4 Å². The lowest BCUT2D eigenvalue weighted by molar-refractivity contribution is -0.129. The highest BCUT2D eigenvalue weighted by molar-refractivity contribution is 6.15. The van der Waals surface area contributed by atoms with Crippen LogP contribution in [0.2, 0.25) is 0 Å². The van der Waals surface area contributed by atoms with Crippen LogP contribution in [-0.2, 0) is 38.1 Å². The smallest absolute Gasteiger partial charge is 0.258 e. The van der Waals surface area contributed by atoms with Crippen LogP contribution in [0, 0.1) is 11.8 Å². The molecule has 0 saturated carbocycles. The molecule has 332 valence electrons. The Bertz CT molecular complexity index is 1170. The van der Waals surface area contributed by atoms with Gasteiger partial charge in [0.15, 0.2) is 0 Å². The van der Waals surface area contributed by atoms with Crippen molar-refractivity contribution < 1.29 is 58.6 Å². The minimum atomic E-state index is -0.518. The molecule has 2 fully saturated rings. The van der Waals surface area contributed by atoms with Crippen molar-refractivity contribution in [3.8, 4) is 0 Å². The van der Waals surface area contributed by atoms with Gasteiger partial charge in [-0.1, -0.05) is 75.9 Å². The van der Waals surface area contributed by atoms with Crippen molar-refractivity contribution in [1.29, 1.82) is 0 Å². The second-order valence-corrected chi connectivity index (χ2v) is 12.0. The third-order valence-electron chi connectivity index (χ3n) is 7.59. The lowest BCUT2D eigenvalue weighted by atomic mass is 10.0. The molecule has 2 atom stereocenters. The van der Waals surface area contributed by atoms with E-state index in [0.717, 1.165) is 52.1 Å². The van der Waals surface area contributed by atoms with Gasteiger partial charge in [0.05, 0.1) is 64.2 Å². The molecule has 2 saturated heterocycles. The van der Waals surface area contributed by atoms with Crippen LogP contribution < -0.4 is 20.9 Å². The molecule has 0 bridgehead atoms. The number of ether oxygens (including phenoxy) is 4. The van der Waals surface area contributed by atoms with Gasteiger partial charge >= 0.3 is 0 Å². The minimum absolute atomic E-state index is 0.0278. The lowest BCUT2D eigenvalue weighted by Gasteiger charge is -2.14. The van der Waals surface area contributed by atoms with E-state index in [-0.39, 0.29) is 50.1 Å². The van der Waals surface area contributed by atoms with Crippen molar-refractivity contribution in [2.45, 2.75) is 80.1 Å². The molecule has 2 aromatic carbocycles. The van der Waals surface area contributed by atoms with E-state index in [1.165, 1.54) is 10.0 Å². The normalized spacial score (nSPS) is 15.2. The molecule has 2 aliphatic heterocycles. The average Bonchev–Trinajstić information content (AvgIpc) is 3.70. The summed E-state index contributed by atoms with van der Waals surface area (Å²) in [6.45, 7) is 16.8. The maximum atomic E-state index is 12.1. The van der Waals surface area contributed by atoms with Gasteiger partial charge in [-0.2, -0.15) is 0 Å².